The number of halogens is 1. The molecule has 170 valence electrons. The minimum atomic E-state index is -0.228. The maximum Gasteiger partial charge on any atom is 0.262 e. The van der Waals surface area contributed by atoms with E-state index in [1.54, 1.807) is 7.11 Å². The first kappa shape index (κ1) is 25.2. The molecule has 0 unspecified atom stereocenters. The maximum absolute atomic E-state index is 12.2. The fourth-order valence-corrected chi connectivity index (χ4v) is 3.30. The van der Waals surface area contributed by atoms with Gasteiger partial charge in [0.1, 0.15) is 0 Å². The van der Waals surface area contributed by atoms with E-state index in [2.05, 4.69) is 33.5 Å². The summed E-state index contributed by atoms with van der Waals surface area (Å²) in [4.78, 5) is 12.2. The van der Waals surface area contributed by atoms with Crippen molar-refractivity contribution < 1.29 is 19.0 Å². The van der Waals surface area contributed by atoms with Gasteiger partial charge >= 0.3 is 0 Å². The number of ether oxygens (including phenoxy) is 3. The van der Waals surface area contributed by atoms with Crippen LogP contribution < -0.4 is 20.1 Å². The van der Waals surface area contributed by atoms with Crippen LogP contribution in [0.4, 0.5) is 5.69 Å². The lowest BCUT2D eigenvalue weighted by molar-refractivity contribution is -0.118. The molecule has 2 aromatic rings. The molecule has 0 bridgehead atoms. The Morgan fingerprint density at radius 1 is 1.06 bits per heavy atom. The lowest BCUT2D eigenvalue weighted by Crippen LogP contribution is -2.20. The number of carbonyl (C=O) groups excluding carboxylic acids is 1. The molecule has 0 atom stereocenters. The summed E-state index contributed by atoms with van der Waals surface area (Å²) in [5.41, 5.74) is 2.93. The van der Waals surface area contributed by atoms with E-state index in [-0.39, 0.29) is 12.5 Å². The van der Waals surface area contributed by atoms with Gasteiger partial charge in [-0.05, 0) is 56.1 Å². The Kier molecular flexibility index (Phi) is 11.4. The summed E-state index contributed by atoms with van der Waals surface area (Å²) in [6.45, 7) is 7.23. The molecule has 0 saturated carbocycles. The molecule has 0 saturated heterocycles. The van der Waals surface area contributed by atoms with Gasteiger partial charge in [-0.15, -0.1) is 0 Å². The summed E-state index contributed by atoms with van der Waals surface area (Å²) in [5, 5.41) is 6.24. The highest BCUT2D eigenvalue weighted by Gasteiger charge is 2.12. The van der Waals surface area contributed by atoms with Gasteiger partial charge in [0.05, 0.1) is 7.11 Å². The van der Waals surface area contributed by atoms with E-state index >= 15 is 0 Å². The monoisotopic (exact) mass is 492 g/mol. The number of hydrogen-bond donors (Lipinski definition) is 2. The highest BCUT2D eigenvalue weighted by molar-refractivity contribution is 9.10. The van der Waals surface area contributed by atoms with Crippen LogP contribution in [0.3, 0.4) is 0 Å². The molecule has 0 aliphatic carbocycles. The van der Waals surface area contributed by atoms with Crippen molar-refractivity contribution in [3.63, 3.8) is 0 Å². The number of anilines is 1. The lowest BCUT2D eigenvalue weighted by atomic mass is 10.2. The minimum Gasteiger partial charge on any atom is -0.493 e. The molecule has 31 heavy (non-hydrogen) atoms. The SMILES string of the molecule is CCCCOCCCNCc1cc(OC)c(OCC(=O)Nc2ccc(C)cc2)cc1Br. The number of benzene rings is 2. The van der Waals surface area contributed by atoms with E-state index in [4.69, 9.17) is 14.2 Å². The molecule has 0 aromatic heterocycles. The first-order valence-corrected chi connectivity index (χ1v) is 11.5. The van der Waals surface area contributed by atoms with Crippen LogP contribution in [0.5, 0.6) is 11.5 Å². The third-order valence-corrected chi connectivity index (χ3v) is 5.36. The number of nitrogens with one attached hydrogen (secondary N) is 2. The fourth-order valence-electron chi connectivity index (χ4n) is 2.83. The van der Waals surface area contributed by atoms with E-state index in [9.17, 15) is 4.79 Å². The fraction of sp³-hybridized carbons (Fsp3) is 0.458. The van der Waals surface area contributed by atoms with Crippen molar-refractivity contribution in [1.29, 1.82) is 0 Å². The molecular formula is C24H33BrN2O4. The van der Waals surface area contributed by atoms with Gasteiger partial charge in [-0.3, -0.25) is 4.79 Å². The standard InChI is InChI=1S/C24H33BrN2O4/c1-4-5-12-30-13-6-11-26-16-19-14-22(29-3)23(15-21(19)25)31-17-24(28)27-20-9-7-18(2)8-10-20/h7-10,14-15,26H,4-6,11-13,16-17H2,1-3H3,(H,27,28). The Morgan fingerprint density at radius 2 is 1.81 bits per heavy atom. The van der Waals surface area contributed by atoms with Crippen LogP contribution in [0.1, 0.15) is 37.3 Å². The molecule has 2 aromatic carbocycles. The number of rotatable bonds is 14. The molecule has 0 aliphatic heterocycles. The first-order chi connectivity index (χ1) is 15.0. The van der Waals surface area contributed by atoms with Gasteiger partial charge in [-0.1, -0.05) is 47.0 Å². The second-order valence-electron chi connectivity index (χ2n) is 7.29. The van der Waals surface area contributed by atoms with Crippen LogP contribution in [0.25, 0.3) is 0 Å². The number of amides is 1. The molecule has 1 amide bonds. The number of aryl methyl sites for hydroxylation is 1. The third-order valence-electron chi connectivity index (χ3n) is 4.63. The number of unbranched alkanes of at least 4 members (excludes halogenated alkanes) is 1. The van der Waals surface area contributed by atoms with E-state index in [0.29, 0.717) is 18.0 Å². The molecule has 0 spiro atoms. The van der Waals surface area contributed by atoms with Crippen molar-refractivity contribution in [3.8, 4) is 11.5 Å². The Bertz CT molecular complexity index is 812. The summed E-state index contributed by atoms with van der Waals surface area (Å²) in [5.74, 6) is 0.876. The molecule has 0 heterocycles. The second-order valence-corrected chi connectivity index (χ2v) is 8.15. The molecule has 2 rings (SSSR count). The van der Waals surface area contributed by atoms with Crippen LogP contribution in [-0.2, 0) is 16.1 Å². The first-order valence-electron chi connectivity index (χ1n) is 10.7. The summed E-state index contributed by atoms with van der Waals surface area (Å²) in [7, 11) is 1.59. The number of hydrogen-bond acceptors (Lipinski definition) is 5. The predicted molar refractivity (Wildman–Crippen MR) is 128 cm³/mol. The Labute approximate surface area is 193 Å². The van der Waals surface area contributed by atoms with Crippen molar-refractivity contribution in [1.82, 2.24) is 5.32 Å². The summed E-state index contributed by atoms with van der Waals surface area (Å²) < 4.78 is 17.6. The van der Waals surface area contributed by atoms with Crippen LogP contribution in [0.15, 0.2) is 40.9 Å². The van der Waals surface area contributed by atoms with E-state index in [0.717, 1.165) is 60.3 Å². The molecule has 7 heteroatoms. The molecular weight excluding hydrogens is 460 g/mol. The van der Waals surface area contributed by atoms with Crippen molar-refractivity contribution in [2.75, 3.05) is 38.8 Å². The zero-order valence-electron chi connectivity index (χ0n) is 18.6. The predicted octanol–water partition coefficient (Wildman–Crippen LogP) is 5.08. The van der Waals surface area contributed by atoms with Gasteiger partial charge < -0.3 is 24.8 Å². The van der Waals surface area contributed by atoms with Crippen LogP contribution >= 0.6 is 15.9 Å². The Balaban J connectivity index is 1.81. The van der Waals surface area contributed by atoms with Crippen molar-refractivity contribution >= 4 is 27.5 Å². The highest BCUT2D eigenvalue weighted by atomic mass is 79.9. The van der Waals surface area contributed by atoms with Gasteiger partial charge in [0, 0.05) is 29.9 Å². The summed E-state index contributed by atoms with van der Waals surface area (Å²) >= 11 is 3.59. The normalized spacial score (nSPS) is 10.7. The van der Waals surface area contributed by atoms with Crippen LogP contribution in [0.2, 0.25) is 0 Å². The number of carbonyl (C=O) groups is 1. The maximum atomic E-state index is 12.2. The van der Waals surface area contributed by atoms with Crippen molar-refractivity contribution in [3.05, 3.63) is 52.0 Å². The summed E-state index contributed by atoms with van der Waals surface area (Å²) in [6, 6.07) is 11.4. The lowest BCUT2D eigenvalue weighted by Gasteiger charge is -2.14. The molecule has 0 aliphatic rings. The van der Waals surface area contributed by atoms with Gasteiger partial charge in [-0.25, -0.2) is 0 Å². The van der Waals surface area contributed by atoms with Crippen LogP contribution in [-0.4, -0.2) is 39.4 Å². The zero-order valence-corrected chi connectivity index (χ0v) is 20.2. The number of methoxy groups -OCH3 is 1. The van der Waals surface area contributed by atoms with E-state index in [1.165, 1.54) is 0 Å². The highest BCUT2D eigenvalue weighted by Crippen LogP contribution is 2.33. The molecule has 6 nitrogen and oxygen atoms in total. The Morgan fingerprint density at radius 3 is 2.52 bits per heavy atom. The minimum absolute atomic E-state index is 0.105. The van der Waals surface area contributed by atoms with Gasteiger partial charge in [-0.2, -0.15) is 0 Å². The van der Waals surface area contributed by atoms with Gasteiger partial charge in [0.15, 0.2) is 18.1 Å². The second kappa shape index (κ2) is 14.1. The average molecular weight is 493 g/mol. The topological polar surface area (TPSA) is 68.8 Å². The van der Waals surface area contributed by atoms with E-state index in [1.807, 2.05) is 43.3 Å². The third kappa shape index (κ3) is 9.29. The summed E-state index contributed by atoms with van der Waals surface area (Å²) in [6.07, 6.45) is 3.24. The van der Waals surface area contributed by atoms with Gasteiger partial charge in [0.25, 0.3) is 5.91 Å². The smallest absolute Gasteiger partial charge is 0.262 e. The zero-order chi connectivity index (χ0) is 22.5. The van der Waals surface area contributed by atoms with E-state index < -0.39 is 0 Å². The molecule has 2 N–H and O–H groups in total. The quantitative estimate of drug-likeness (QED) is 0.360. The molecule has 0 fully saturated rings. The largest absolute Gasteiger partial charge is 0.493 e. The average Bonchev–Trinajstić information content (AvgIpc) is 2.76. The van der Waals surface area contributed by atoms with Crippen LogP contribution in [0, 0.1) is 6.92 Å². The van der Waals surface area contributed by atoms with Crippen molar-refractivity contribution in [2.45, 2.75) is 39.7 Å². The van der Waals surface area contributed by atoms with Crippen molar-refractivity contribution in [2.24, 2.45) is 0 Å². The Hall–Kier alpha value is -2.09. The van der Waals surface area contributed by atoms with Gasteiger partial charge in [0.2, 0.25) is 0 Å². The molecule has 0 radical (unpaired) electrons.